The molecule has 5 rings (SSSR count). The number of amides is 2. The van der Waals surface area contributed by atoms with Crippen molar-refractivity contribution in [2.75, 3.05) is 18.1 Å². The highest BCUT2D eigenvalue weighted by Gasteiger charge is 2.54. The Morgan fingerprint density at radius 1 is 1.14 bits per heavy atom. The third-order valence-electron chi connectivity index (χ3n) is 7.91. The molecule has 3 aliphatic rings. The number of benzene rings is 1. The van der Waals surface area contributed by atoms with Gasteiger partial charge in [-0.1, -0.05) is 58.2 Å². The number of pyridine rings is 1. The minimum absolute atomic E-state index is 0.0211. The number of carbonyl (C=O) groups excluding carboxylic acids is 2. The van der Waals surface area contributed by atoms with Crippen LogP contribution in [0.2, 0.25) is 0 Å². The number of morpholine rings is 1. The van der Waals surface area contributed by atoms with Crippen molar-refractivity contribution in [2.45, 2.75) is 88.4 Å². The highest BCUT2D eigenvalue weighted by molar-refractivity contribution is 6.06. The fourth-order valence-electron chi connectivity index (χ4n) is 5.77. The molecular weight excluding hydrogens is 452 g/mol. The zero-order valence-corrected chi connectivity index (χ0v) is 21.6. The maximum Gasteiger partial charge on any atom is 0.250 e. The molecule has 2 amide bonds. The molecule has 1 aromatic heterocycles. The van der Waals surface area contributed by atoms with Crippen LogP contribution in [-0.4, -0.2) is 47.6 Å². The number of fused-ring (bicyclic) bond motifs is 2. The highest BCUT2D eigenvalue weighted by atomic mass is 16.5. The first-order valence-electron chi connectivity index (χ1n) is 13.3. The van der Waals surface area contributed by atoms with Crippen molar-refractivity contribution in [1.29, 1.82) is 0 Å². The maximum atomic E-state index is 14.4. The Bertz CT molecular complexity index is 1070. The molecule has 2 bridgehead atoms. The van der Waals surface area contributed by atoms with Crippen LogP contribution in [0, 0.1) is 0 Å². The second-order valence-corrected chi connectivity index (χ2v) is 11.6. The molecule has 7 nitrogen and oxygen atoms in total. The maximum absolute atomic E-state index is 14.4. The Morgan fingerprint density at radius 2 is 1.89 bits per heavy atom. The van der Waals surface area contributed by atoms with Gasteiger partial charge in [-0.3, -0.25) is 24.8 Å². The lowest BCUT2D eigenvalue weighted by molar-refractivity contribution is -0.130. The van der Waals surface area contributed by atoms with E-state index in [-0.39, 0.29) is 29.4 Å². The quantitative estimate of drug-likeness (QED) is 0.639. The normalized spacial score (nSPS) is 24.9. The minimum atomic E-state index is -0.829. The lowest BCUT2D eigenvalue weighted by Crippen LogP contribution is -2.60. The summed E-state index contributed by atoms with van der Waals surface area (Å²) >= 11 is 0. The second kappa shape index (κ2) is 9.94. The Hall–Kier alpha value is -2.77. The van der Waals surface area contributed by atoms with Gasteiger partial charge in [-0.2, -0.15) is 0 Å². The average Bonchev–Trinajstić information content (AvgIpc) is 3.50. The third kappa shape index (κ3) is 4.91. The standard InChI is InChI=1S/C29H38N4O3/c1-28(2,3)21-11-13-23(14-12-21)33(27(35)29-16-24(18-31-29)36-19-29)25(20-8-7-15-30-17-20)26(34)32-22-9-5-4-6-10-22/h7-8,11-15,17,22,24-25,31H,4-6,9-10,16,18-19H2,1-3H3,(H,32,34). The minimum Gasteiger partial charge on any atom is -0.374 e. The van der Waals surface area contributed by atoms with E-state index in [4.69, 9.17) is 4.74 Å². The Balaban J connectivity index is 1.56. The molecule has 0 radical (unpaired) electrons. The number of hydrogen-bond acceptors (Lipinski definition) is 5. The van der Waals surface area contributed by atoms with E-state index in [1.807, 2.05) is 24.3 Å². The van der Waals surface area contributed by atoms with E-state index < -0.39 is 11.6 Å². The van der Waals surface area contributed by atoms with Crippen LogP contribution in [0.1, 0.15) is 76.5 Å². The van der Waals surface area contributed by atoms with Crippen LogP contribution in [0.5, 0.6) is 0 Å². The Labute approximate surface area is 214 Å². The number of hydrogen-bond donors (Lipinski definition) is 2. The van der Waals surface area contributed by atoms with Crippen LogP contribution < -0.4 is 15.5 Å². The van der Waals surface area contributed by atoms with Crippen molar-refractivity contribution in [1.82, 2.24) is 15.6 Å². The smallest absolute Gasteiger partial charge is 0.250 e. The monoisotopic (exact) mass is 490 g/mol. The lowest BCUT2D eigenvalue weighted by Gasteiger charge is -2.38. The first-order valence-corrected chi connectivity index (χ1v) is 13.3. The predicted octanol–water partition coefficient (Wildman–Crippen LogP) is 4.03. The SMILES string of the molecule is CC(C)(C)c1ccc(N(C(=O)C23COC(CN2)C3)C(C(=O)NC2CCCCC2)c2cccnc2)cc1. The lowest BCUT2D eigenvalue weighted by atomic mass is 9.87. The first kappa shape index (κ1) is 24.9. The van der Waals surface area contributed by atoms with Crippen molar-refractivity contribution in [2.24, 2.45) is 0 Å². The Kier molecular flexibility index (Phi) is 6.88. The molecule has 0 spiro atoms. The molecule has 2 aliphatic heterocycles. The zero-order chi connectivity index (χ0) is 25.3. The molecular formula is C29H38N4O3. The van der Waals surface area contributed by atoms with Crippen LogP contribution in [-0.2, 0) is 19.7 Å². The number of anilines is 1. The number of nitrogens with one attached hydrogen (secondary N) is 2. The van der Waals surface area contributed by atoms with Crippen LogP contribution in [0.25, 0.3) is 0 Å². The van der Waals surface area contributed by atoms with Gasteiger partial charge in [0.15, 0.2) is 0 Å². The summed E-state index contributed by atoms with van der Waals surface area (Å²) in [7, 11) is 0. The van der Waals surface area contributed by atoms with Gasteiger partial charge in [-0.15, -0.1) is 0 Å². The predicted molar refractivity (Wildman–Crippen MR) is 140 cm³/mol. The summed E-state index contributed by atoms with van der Waals surface area (Å²) in [6.07, 6.45) is 9.42. The molecule has 36 heavy (non-hydrogen) atoms. The van der Waals surface area contributed by atoms with Gasteiger partial charge in [0.25, 0.3) is 5.91 Å². The average molecular weight is 491 g/mol. The van der Waals surface area contributed by atoms with Crippen LogP contribution in [0.15, 0.2) is 48.8 Å². The molecule has 192 valence electrons. The summed E-state index contributed by atoms with van der Waals surface area (Å²) in [6, 6.07) is 11.1. The van der Waals surface area contributed by atoms with Crippen molar-refractivity contribution < 1.29 is 14.3 Å². The van der Waals surface area contributed by atoms with Gasteiger partial charge < -0.3 is 10.1 Å². The number of ether oxygens (including phenoxy) is 1. The summed E-state index contributed by atoms with van der Waals surface area (Å²) < 4.78 is 5.87. The summed E-state index contributed by atoms with van der Waals surface area (Å²) in [5.74, 6) is -0.285. The van der Waals surface area contributed by atoms with Gasteiger partial charge >= 0.3 is 0 Å². The summed E-state index contributed by atoms with van der Waals surface area (Å²) in [4.78, 5) is 34.4. The molecule has 3 unspecified atom stereocenters. The van der Waals surface area contributed by atoms with E-state index in [1.165, 1.54) is 12.0 Å². The number of carbonyl (C=O) groups is 2. The van der Waals surface area contributed by atoms with Crippen molar-refractivity contribution in [3.05, 3.63) is 59.9 Å². The number of rotatable bonds is 6. The summed E-state index contributed by atoms with van der Waals surface area (Å²) in [5.41, 5.74) is 1.73. The molecule has 1 saturated carbocycles. The van der Waals surface area contributed by atoms with Gasteiger partial charge in [-0.25, -0.2) is 0 Å². The molecule has 1 aliphatic carbocycles. The topological polar surface area (TPSA) is 83.6 Å². The highest BCUT2D eigenvalue weighted by Crippen LogP contribution is 2.38. The van der Waals surface area contributed by atoms with Gasteiger partial charge in [0.2, 0.25) is 5.91 Å². The van der Waals surface area contributed by atoms with E-state index in [2.05, 4.69) is 48.5 Å². The van der Waals surface area contributed by atoms with Gasteiger partial charge in [-0.05, 0) is 42.0 Å². The van der Waals surface area contributed by atoms with Crippen molar-refractivity contribution >= 4 is 17.5 Å². The second-order valence-electron chi connectivity index (χ2n) is 11.6. The fraction of sp³-hybridized carbons (Fsp3) is 0.552. The van der Waals surface area contributed by atoms with Crippen LogP contribution in [0.4, 0.5) is 5.69 Å². The van der Waals surface area contributed by atoms with Gasteiger partial charge in [0, 0.05) is 42.7 Å². The van der Waals surface area contributed by atoms with Crippen LogP contribution >= 0.6 is 0 Å². The fourth-order valence-corrected chi connectivity index (χ4v) is 5.77. The first-order chi connectivity index (χ1) is 17.3. The van der Waals surface area contributed by atoms with Gasteiger partial charge in [0.1, 0.15) is 11.6 Å². The molecule has 3 heterocycles. The van der Waals surface area contributed by atoms with E-state index >= 15 is 0 Å². The third-order valence-corrected chi connectivity index (χ3v) is 7.91. The van der Waals surface area contributed by atoms with E-state index in [0.717, 1.165) is 25.7 Å². The summed E-state index contributed by atoms with van der Waals surface area (Å²) in [6.45, 7) is 7.46. The molecule has 2 saturated heterocycles. The number of nitrogens with zero attached hydrogens (tertiary/aromatic N) is 2. The van der Waals surface area contributed by atoms with Gasteiger partial charge in [0.05, 0.1) is 12.7 Å². The van der Waals surface area contributed by atoms with Crippen molar-refractivity contribution in [3.63, 3.8) is 0 Å². The molecule has 2 aromatic rings. The molecule has 3 fully saturated rings. The van der Waals surface area contributed by atoms with E-state index in [9.17, 15) is 9.59 Å². The molecule has 7 heteroatoms. The van der Waals surface area contributed by atoms with Crippen LogP contribution in [0.3, 0.4) is 0 Å². The molecule has 1 aromatic carbocycles. The largest absolute Gasteiger partial charge is 0.374 e. The van der Waals surface area contributed by atoms with E-state index in [1.54, 1.807) is 17.3 Å². The van der Waals surface area contributed by atoms with E-state index in [0.29, 0.717) is 30.8 Å². The zero-order valence-electron chi connectivity index (χ0n) is 21.6. The Morgan fingerprint density at radius 3 is 2.44 bits per heavy atom. The van der Waals surface area contributed by atoms with Crippen molar-refractivity contribution in [3.8, 4) is 0 Å². The summed E-state index contributed by atoms with van der Waals surface area (Å²) in [5, 5.41) is 6.70. The molecule has 2 N–H and O–H groups in total. The number of aromatic nitrogens is 1. The molecule has 3 atom stereocenters.